The van der Waals surface area contributed by atoms with Gasteiger partial charge in [0.2, 0.25) is 29.5 Å². The number of nitrogens with one attached hydrogen (secondary N) is 6. The van der Waals surface area contributed by atoms with E-state index in [1.165, 1.54) is 0 Å². The van der Waals surface area contributed by atoms with E-state index in [2.05, 4.69) is 31.9 Å². The lowest BCUT2D eigenvalue weighted by molar-refractivity contribution is -0.137. The van der Waals surface area contributed by atoms with E-state index in [-0.39, 0.29) is 62.0 Å². The molecule has 0 aromatic heterocycles. The first-order chi connectivity index (χ1) is 24.1. The highest BCUT2D eigenvalue weighted by atomic mass is 19.1. The topological polar surface area (TPSA) is 195 Å². The van der Waals surface area contributed by atoms with Crippen molar-refractivity contribution in [3.8, 4) is 0 Å². The second kappa shape index (κ2) is 23.4. The van der Waals surface area contributed by atoms with Gasteiger partial charge in [-0.05, 0) is 62.1 Å². The Morgan fingerprint density at radius 1 is 0.725 bits per heavy atom. The Morgan fingerprint density at radius 2 is 1.35 bits per heavy atom. The molecule has 13 nitrogen and oxygen atoms in total. The van der Waals surface area contributed by atoms with Crippen LogP contribution < -0.4 is 31.9 Å². The number of rotatable bonds is 24. The maximum atomic E-state index is 14.1. The van der Waals surface area contributed by atoms with Crippen LogP contribution in [-0.2, 0) is 35.2 Å². The van der Waals surface area contributed by atoms with E-state index < -0.39 is 71.4 Å². The molecule has 0 fully saturated rings. The number of amides is 5. The number of carbonyl (C=O) groups excluding carboxylic acids is 5. The number of likely N-dealkylation sites (N-methyl/N-ethyl adjacent to an activating group) is 1. The Bertz CT molecular complexity index is 1290. The first-order valence-corrected chi connectivity index (χ1v) is 17.9. The van der Waals surface area contributed by atoms with Crippen molar-refractivity contribution >= 4 is 35.5 Å². The minimum Gasteiger partial charge on any atom is -0.481 e. The average molecular weight is 725 g/mol. The lowest BCUT2D eigenvalue weighted by Gasteiger charge is -2.29. The lowest BCUT2D eigenvalue weighted by Crippen LogP contribution is -2.58. The van der Waals surface area contributed by atoms with E-state index >= 15 is 0 Å². The predicted molar refractivity (Wildman–Crippen MR) is 189 cm³/mol. The second-order valence-electron chi connectivity index (χ2n) is 13.2. The van der Waals surface area contributed by atoms with Crippen molar-refractivity contribution < 1.29 is 42.7 Å². The zero-order valence-electron chi connectivity index (χ0n) is 31.0. The van der Waals surface area contributed by atoms with Gasteiger partial charge in [0.05, 0.1) is 6.04 Å². The van der Waals surface area contributed by atoms with Gasteiger partial charge in [0.1, 0.15) is 29.8 Å². The number of carboxylic acid groups (broad SMARTS) is 1. The van der Waals surface area contributed by atoms with Crippen LogP contribution in [0.25, 0.3) is 0 Å². The minimum atomic E-state index is -1.03. The molecule has 0 radical (unpaired) electrons. The van der Waals surface area contributed by atoms with Crippen LogP contribution >= 0.6 is 0 Å². The van der Waals surface area contributed by atoms with Gasteiger partial charge in [0.25, 0.3) is 0 Å². The summed E-state index contributed by atoms with van der Waals surface area (Å²) in [5, 5.41) is 25.8. The molecule has 0 saturated heterocycles. The molecule has 7 N–H and O–H groups in total. The molecule has 1 rings (SSSR count). The van der Waals surface area contributed by atoms with E-state index in [4.69, 9.17) is 5.11 Å². The van der Waals surface area contributed by atoms with E-state index in [1.807, 2.05) is 27.7 Å². The first kappa shape index (κ1) is 44.9. The van der Waals surface area contributed by atoms with Crippen molar-refractivity contribution in [1.82, 2.24) is 31.9 Å². The molecule has 0 aliphatic carbocycles. The second-order valence-corrected chi connectivity index (χ2v) is 13.2. The quantitative estimate of drug-likeness (QED) is 0.0846. The van der Waals surface area contributed by atoms with Crippen molar-refractivity contribution in [3.05, 3.63) is 35.4 Å². The third-order valence-corrected chi connectivity index (χ3v) is 8.50. The standard InChI is InChI=1S/C36H58F2N6O7/c1-8-13-28(42-36(51)32(22(7)9-2)43-29(45)14-12-15-30(46)47)34(49)41-26(18-23-16-24(37)19-25(38)17-23)20-40-27(10-3)33(48)44-31(21(5)6)35(50)39-11-4/h16-17,19,21-22,26-28,31-32,40H,8-15,18,20H2,1-7H3,(H,39,50)(H,41,49)(H,42,51)(H,43,45)(H,44,48)(H,46,47)/t22-,26-,27-,28-,31-,32-/m0/s1. The molecule has 0 bridgehead atoms. The molecule has 0 aliphatic rings. The van der Waals surface area contributed by atoms with Crippen LogP contribution in [0.3, 0.4) is 0 Å². The summed E-state index contributed by atoms with van der Waals surface area (Å²) in [4.78, 5) is 76.4. The normalized spacial score (nSPS) is 14.7. The van der Waals surface area contributed by atoms with E-state index in [1.54, 1.807) is 20.8 Å². The molecule has 0 heterocycles. The highest BCUT2D eigenvalue weighted by molar-refractivity contribution is 5.92. The van der Waals surface area contributed by atoms with Crippen LogP contribution in [0.4, 0.5) is 8.78 Å². The number of hydrogen-bond acceptors (Lipinski definition) is 7. The van der Waals surface area contributed by atoms with Crippen LogP contribution in [0.1, 0.15) is 99.0 Å². The third kappa shape index (κ3) is 16.6. The van der Waals surface area contributed by atoms with Gasteiger partial charge in [-0.1, -0.05) is 54.4 Å². The Kier molecular flexibility index (Phi) is 20.6. The first-order valence-electron chi connectivity index (χ1n) is 17.9. The Morgan fingerprint density at radius 3 is 1.88 bits per heavy atom. The Hall–Kier alpha value is -4.14. The highest BCUT2D eigenvalue weighted by Crippen LogP contribution is 2.13. The Balaban J connectivity index is 3.22. The summed E-state index contributed by atoms with van der Waals surface area (Å²) in [5.41, 5.74) is 0.256. The molecule has 0 aliphatic heterocycles. The van der Waals surface area contributed by atoms with Gasteiger partial charge in [-0.25, -0.2) is 8.78 Å². The maximum absolute atomic E-state index is 14.1. The monoisotopic (exact) mass is 724 g/mol. The number of aliphatic carboxylic acids is 1. The van der Waals surface area contributed by atoms with E-state index in [0.717, 1.165) is 18.2 Å². The third-order valence-electron chi connectivity index (χ3n) is 8.50. The Labute approximate surface area is 300 Å². The van der Waals surface area contributed by atoms with Crippen LogP contribution in [0, 0.1) is 23.5 Å². The van der Waals surface area contributed by atoms with Gasteiger partial charge >= 0.3 is 5.97 Å². The van der Waals surface area contributed by atoms with Crippen LogP contribution in [-0.4, -0.2) is 83.9 Å². The van der Waals surface area contributed by atoms with Crippen molar-refractivity contribution in [2.24, 2.45) is 11.8 Å². The summed E-state index contributed by atoms with van der Waals surface area (Å²) in [5.74, 6) is -5.50. The van der Waals surface area contributed by atoms with E-state index in [0.29, 0.717) is 25.8 Å². The molecule has 0 saturated carbocycles. The number of hydrogen-bond donors (Lipinski definition) is 7. The van der Waals surface area contributed by atoms with Crippen LogP contribution in [0.2, 0.25) is 0 Å². The van der Waals surface area contributed by atoms with E-state index in [9.17, 15) is 37.5 Å². The van der Waals surface area contributed by atoms with Gasteiger partial charge in [-0.15, -0.1) is 0 Å². The molecule has 1 aromatic carbocycles. The molecule has 51 heavy (non-hydrogen) atoms. The van der Waals surface area contributed by atoms with Crippen molar-refractivity contribution in [2.45, 2.75) is 130 Å². The molecule has 0 spiro atoms. The molecule has 5 amide bonds. The predicted octanol–water partition coefficient (Wildman–Crippen LogP) is 2.71. The maximum Gasteiger partial charge on any atom is 0.303 e. The fraction of sp³-hybridized carbons (Fsp3) is 0.667. The summed E-state index contributed by atoms with van der Waals surface area (Å²) in [6.07, 6.45) is 1.42. The molecule has 15 heteroatoms. The molecular weight excluding hydrogens is 666 g/mol. The smallest absolute Gasteiger partial charge is 0.303 e. The minimum absolute atomic E-state index is 0.00200. The van der Waals surface area contributed by atoms with Gasteiger partial charge < -0.3 is 37.0 Å². The summed E-state index contributed by atoms with van der Waals surface area (Å²) >= 11 is 0. The number of benzene rings is 1. The summed E-state index contributed by atoms with van der Waals surface area (Å²) in [6.45, 7) is 13.0. The van der Waals surface area contributed by atoms with Gasteiger partial charge in [0.15, 0.2) is 0 Å². The average Bonchev–Trinajstić information content (AvgIpc) is 3.04. The molecular formula is C36H58F2N6O7. The lowest BCUT2D eigenvalue weighted by atomic mass is 9.97. The molecule has 288 valence electrons. The number of halogens is 2. The number of carboxylic acids is 1. The molecule has 0 unspecified atom stereocenters. The highest BCUT2D eigenvalue weighted by Gasteiger charge is 2.31. The fourth-order valence-corrected chi connectivity index (χ4v) is 5.44. The van der Waals surface area contributed by atoms with Crippen LogP contribution in [0.15, 0.2) is 18.2 Å². The van der Waals surface area contributed by atoms with Crippen LogP contribution in [0.5, 0.6) is 0 Å². The molecule has 6 atom stereocenters. The van der Waals surface area contributed by atoms with Crippen molar-refractivity contribution in [3.63, 3.8) is 0 Å². The fourth-order valence-electron chi connectivity index (χ4n) is 5.44. The van der Waals surface area contributed by atoms with Gasteiger partial charge in [-0.3, -0.25) is 28.8 Å². The SMILES string of the molecule is CCC[C@H](NC(=O)[C@@H](NC(=O)CCCC(=O)O)[C@@H](C)CC)C(=O)N[C@H](CN[C@@H](CC)C(=O)N[C@H](C(=O)NCC)C(C)C)Cc1cc(F)cc(F)c1. The zero-order valence-corrected chi connectivity index (χ0v) is 31.0. The van der Waals surface area contributed by atoms with Crippen molar-refractivity contribution in [2.75, 3.05) is 13.1 Å². The summed E-state index contributed by atoms with van der Waals surface area (Å²) in [7, 11) is 0. The van der Waals surface area contributed by atoms with Gasteiger partial charge in [-0.2, -0.15) is 0 Å². The summed E-state index contributed by atoms with van der Waals surface area (Å²) in [6, 6.07) is -1.32. The number of carbonyl (C=O) groups is 6. The largest absolute Gasteiger partial charge is 0.481 e. The van der Waals surface area contributed by atoms with Gasteiger partial charge in [0, 0.05) is 38.0 Å². The molecule has 1 aromatic rings. The zero-order chi connectivity index (χ0) is 38.7. The summed E-state index contributed by atoms with van der Waals surface area (Å²) < 4.78 is 28.3. The van der Waals surface area contributed by atoms with Crippen molar-refractivity contribution in [1.29, 1.82) is 0 Å².